The Hall–Kier alpha value is -2.39. The summed E-state index contributed by atoms with van der Waals surface area (Å²) >= 11 is 0. The molecule has 1 amide bonds. The number of alkyl halides is 3. The Balaban J connectivity index is 1.81. The number of ether oxygens (including phenoxy) is 2. The Kier molecular flexibility index (Phi) is 5.81. The topological polar surface area (TPSA) is 76.2 Å². The molecule has 0 saturated carbocycles. The van der Waals surface area contributed by atoms with Crippen LogP contribution in [0.5, 0.6) is 0 Å². The zero-order valence-electron chi connectivity index (χ0n) is 14.7. The summed E-state index contributed by atoms with van der Waals surface area (Å²) in [5, 5.41) is 9.22. The van der Waals surface area contributed by atoms with Crippen molar-refractivity contribution in [1.29, 1.82) is 0 Å². The number of rotatable bonds is 5. The standard InChI is InChI=1S/C18H20F3N3O3/c1-11-15(16(24-23-11)12-5-3-2-4-6-12)22-17(25)14(18(19,20)21)9-13-10-26-7-8-27-13/h2-6,13-14H,7-10H2,1H3,(H,22,25)(H,23,24). The van der Waals surface area contributed by atoms with Crippen molar-refractivity contribution < 1.29 is 27.4 Å². The van der Waals surface area contributed by atoms with Gasteiger partial charge in [-0.25, -0.2) is 0 Å². The van der Waals surface area contributed by atoms with E-state index in [2.05, 4.69) is 15.5 Å². The number of aryl methyl sites for hydroxylation is 1. The summed E-state index contributed by atoms with van der Waals surface area (Å²) in [6.45, 7) is 2.24. The Morgan fingerprint density at radius 3 is 2.70 bits per heavy atom. The van der Waals surface area contributed by atoms with Gasteiger partial charge in [-0.15, -0.1) is 0 Å². The number of nitrogens with one attached hydrogen (secondary N) is 2. The van der Waals surface area contributed by atoms with Crippen LogP contribution in [0.15, 0.2) is 30.3 Å². The van der Waals surface area contributed by atoms with Gasteiger partial charge in [-0.05, 0) is 13.3 Å². The van der Waals surface area contributed by atoms with Crippen molar-refractivity contribution in [2.75, 3.05) is 25.1 Å². The highest BCUT2D eigenvalue weighted by atomic mass is 19.4. The van der Waals surface area contributed by atoms with E-state index in [9.17, 15) is 18.0 Å². The summed E-state index contributed by atoms with van der Waals surface area (Å²) in [6.07, 6.45) is -5.96. The first-order valence-electron chi connectivity index (χ1n) is 8.53. The highest BCUT2D eigenvalue weighted by Gasteiger charge is 2.46. The summed E-state index contributed by atoms with van der Waals surface area (Å²) in [5.74, 6) is -3.35. The van der Waals surface area contributed by atoms with E-state index in [1.54, 1.807) is 31.2 Å². The van der Waals surface area contributed by atoms with E-state index < -0.39 is 30.5 Å². The largest absolute Gasteiger partial charge is 0.400 e. The molecule has 0 radical (unpaired) electrons. The lowest BCUT2D eigenvalue weighted by atomic mass is 9.99. The number of H-pyrrole nitrogens is 1. The molecule has 0 aliphatic carbocycles. The maximum Gasteiger partial charge on any atom is 0.400 e. The number of aromatic nitrogens is 2. The second-order valence-electron chi connectivity index (χ2n) is 6.33. The van der Waals surface area contributed by atoms with Crippen LogP contribution >= 0.6 is 0 Å². The predicted molar refractivity (Wildman–Crippen MR) is 92.1 cm³/mol. The Morgan fingerprint density at radius 1 is 1.33 bits per heavy atom. The first-order valence-corrected chi connectivity index (χ1v) is 8.53. The fourth-order valence-electron chi connectivity index (χ4n) is 2.92. The van der Waals surface area contributed by atoms with Gasteiger partial charge in [-0.3, -0.25) is 9.89 Å². The number of nitrogens with zero attached hydrogens (tertiary/aromatic N) is 1. The number of carbonyl (C=O) groups is 1. The van der Waals surface area contributed by atoms with Crippen molar-refractivity contribution >= 4 is 11.6 Å². The summed E-state index contributed by atoms with van der Waals surface area (Å²) in [6, 6.07) is 8.90. The molecule has 0 bridgehead atoms. The van der Waals surface area contributed by atoms with Crippen LogP contribution in [0.3, 0.4) is 0 Å². The smallest absolute Gasteiger partial charge is 0.376 e. The second kappa shape index (κ2) is 8.10. The lowest BCUT2D eigenvalue weighted by molar-refractivity contribution is -0.192. The van der Waals surface area contributed by atoms with Crippen LogP contribution in [-0.4, -0.2) is 48.2 Å². The minimum absolute atomic E-state index is 0.0415. The maximum absolute atomic E-state index is 13.5. The van der Waals surface area contributed by atoms with Crippen LogP contribution < -0.4 is 5.32 Å². The summed E-state index contributed by atoms with van der Waals surface area (Å²) in [5.41, 5.74) is 1.78. The van der Waals surface area contributed by atoms with Crippen molar-refractivity contribution in [2.24, 2.45) is 5.92 Å². The van der Waals surface area contributed by atoms with Crippen LogP contribution in [0, 0.1) is 12.8 Å². The number of carbonyl (C=O) groups excluding carboxylic acids is 1. The molecule has 1 aromatic heterocycles. The molecule has 1 saturated heterocycles. The molecule has 9 heteroatoms. The number of anilines is 1. The lowest BCUT2D eigenvalue weighted by Gasteiger charge is -2.27. The molecule has 1 aromatic carbocycles. The highest BCUT2D eigenvalue weighted by molar-refractivity contribution is 5.97. The molecule has 2 aromatic rings. The van der Waals surface area contributed by atoms with E-state index in [-0.39, 0.29) is 18.9 Å². The van der Waals surface area contributed by atoms with E-state index in [1.165, 1.54) is 0 Å². The fraction of sp³-hybridized carbons (Fsp3) is 0.444. The average Bonchev–Trinajstić information content (AvgIpc) is 3.01. The van der Waals surface area contributed by atoms with E-state index in [0.29, 0.717) is 23.6 Å². The van der Waals surface area contributed by atoms with Crippen LogP contribution in [0.2, 0.25) is 0 Å². The molecule has 1 aliphatic rings. The van der Waals surface area contributed by atoms with Crippen molar-refractivity contribution in [3.05, 3.63) is 36.0 Å². The van der Waals surface area contributed by atoms with Crippen molar-refractivity contribution in [1.82, 2.24) is 10.2 Å². The van der Waals surface area contributed by atoms with Gasteiger partial charge in [0, 0.05) is 5.56 Å². The number of benzene rings is 1. The SMILES string of the molecule is Cc1[nH]nc(-c2ccccc2)c1NC(=O)C(CC1COCCO1)C(F)(F)F. The monoisotopic (exact) mass is 383 g/mol. The van der Waals surface area contributed by atoms with Gasteiger partial charge in [0.05, 0.1) is 37.3 Å². The predicted octanol–water partition coefficient (Wildman–Crippen LogP) is 3.31. The fourth-order valence-corrected chi connectivity index (χ4v) is 2.92. The van der Waals surface area contributed by atoms with Gasteiger partial charge in [0.2, 0.25) is 5.91 Å². The van der Waals surface area contributed by atoms with Gasteiger partial charge in [0.15, 0.2) is 0 Å². The maximum atomic E-state index is 13.5. The van der Waals surface area contributed by atoms with Crippen LogP contribution in [0.1, 0.15) is 12.1 Å². The zero-order chi connectivity index (χ0) is 19.4. The van der Waals surface area contributed by atoms with E-state index in [0.717, 1.165) is 0 Å². The van der Waals surface area contributed by atoms with E-state index >= 15 is 0 Å². The number of halogens is 3. The van der Waals surface area contributed by atoms with Crippen molar-refractivity contribution in [3.8, 4) is 11.3 Å². The van der Waals surface area contributed by atoms with Gasteiger partial charge < -0.3 is 14.8 Å². The number of aromatic amines is 1. The minimum atomic E-state index is -4.70. The molecule has 1 aliphatic heterocycles. The summed E-state index contributed by atoms with van der Waals surface area (Å²) < 4.78 is 50.9. The van der Waals surface area contributed by atoms with Gasteiger partial charge >= 0.3 is 6.18 Å². The zero-order valence-corrected chi connectivity index (χ0v) is 14.7. The number of hydrogen-bond donors (Lipinski definition) is 2. The molecule has 3 rings (SSSR count). The Bertz CT molecular complexity index is 771. The molecule has 6 nitrogen and oxygen atoms in total. The second-order valence-corrected chi connectivity index (χ2v) is 6.33. The van der Waals surface area contributed by atoms with Gasteiger partial charge in [-0.1, -0.05) is 30.3 Å². The molecule has 2 heterocycles. The third-order valence-corrected chi connectivity index (χ3v) is 4.34. The first kappa shape index (κ1) is 19.4. The average molecular weight is 383 g/mol. The summed E-state index contributed by atoms with van der Waals surface area (Å²) in [4.78, 5) is 12.5. The number of amides is 1. The molecule has 0 spiro atoms. The number of hydrogen-bond acceptors (Lipinski definition) is 4. The van der Waals surface area contributed by atoms with E-state index in [1.807, 2.05) is 6.07 Å². The Morgan fingerprint density at radius 2 is 2.07 bits per heavy atom. The molecule has 2 unspecified atom stereocenters. The molecule has 2 N–H and O–H groups in total. The van der Waals surface area contributed by atoms with Gasteiger partial charge in [0.1, 0.15) is 11.6 Å². The molecule has 2 atom stereocenters. The van der Waals surface area contributed by atoms with Crippen molar-refractivity contribution in [3.63, 3.8) is 0 Å². The molecular weight excluding hydrogens is 363 g/mol. The third kappa shape index (κ3) is 4.67. The molecule has 1 fully saturated rings. The molecule has 146 valence electrons. The van der Waals surface area contributed by atoms with Crippen molar-refractivity contribution in [2.45, 2.75) is 25.6 Å². The summed E-state index contributed by atoms with van der Waals surface area (Å²) in [7, 11) is 0. The van der Waals surface area contributed by atoms with E-state index in [4.69, 9.17) is 9.47 Å². The van der Waals surface area contributed by atoms with Crippen LogP contribution in [0.25, 0.3) is 11.3 Å². The van der Waals surface area contributed by atoms with Crippen LogP contribution in [-0.2, 0) is 14.3 Å². The van der Waals surface area contributed by atoms with Gasteiger partial charge in [-0.2, -0.15) is 18.3 Å². The quantitative estimate of drug-likeness (QED) is 0.831. The van der Waals surface area contributed by atoms with Gasteiger partial charge in [0.25, 0.3) is 0 Å². The first-order chi connectivity index (χ1) is 12.9. The van der Waals surface area contributed by atoms with Crippen LogP contribution in [0.4, 0.5) is 18.9 Å². The lowest BCUT2D eigenvalue weighted by Crippen LogP contribution is -2.40. The normalized spacial score (nSPS) is 18.9. The molecular formula is C18H20F3N3O3. The Labute approximate surface area is 154 Å². The molecule has 27 heavy (non-hydrogen) atoms. The minimum Gasteiger partial charge on any atom is -0.376 e. The highest BCUT2D eigenvalue weighted by Crippen LogP contribution is 2.34. The third-order valence-electron chi connectivity index (χ3n) is 4.34.